The number of rotatable bonds is 4. The molecule has 2 heterocycles. The van der Waals surface area contributed by atoms with E-state index in [1.807, 2.05) is 24.3 Å². The number of nitrogens with one attached hydrogen (secondary N) is 1. The largest absolute Gasteiger partial charge is 0.476 e. The minimum Gasteiger partial charge on any atom is -0.476 e. The third-order valence-corrected chi connectivity index (χ3v) is 4.25. The number of nitrogens with zero attached hydrogens (tertiary/aromatic N) is 2. The second-order valence-corrected chi connectivity index (χ2v) is 5.86. The molecule has 4 rings (SSSR count). The molecule has 1 aliphatic heterocycles. The average molecular weight is 311 g/mol. The number of ether oxygens (including phenoxy) is 1. The van der Waals surface area contributed by atoms with Crippen LogP contribution in [0.3, 0.4) is 0 Å². The molecule has 5 heteroatoms. The van der Waals surface area contributed by atoms with Crippen molar-refractivity contribution in [2.24, 2.45) is 5.92 Å². The smallest absolute Gasteiger partial charge is 0.241 e. The summed E-state index contributed by atoms with van der Waals surface area (Å²) >= 11 is 0. The molecule has 1 saturated heterocycles. The predicted molar refractivity (Wildman–Crippen MR) is 87.5 cm³/mol. The van der Waals surface area contributed by atoms with Crippen molar-refractivity contribution in [3.63, 3.8) is 0 Å². The van der Waals surface area contributed by atoms with Gasteiger partial charge in [0.05, 0.1) is 17.5 Å². The van der Waals surface area contributed by atoms with Gasteiger partial charge in [-0.1, -0.05) is 24.3 Å². The molecule has 1 aromatic heterocycles. The van der Waals surface area contributed by atoms with Crippen molar-refractivity contribution in [3.8, 4) is 11.6 Å². The van der Waals surface area contributed by atoms with E-state index in [0.29, 0.717) is 24.1 Å². The van der Waals surface area contributed by atoms with E-state index in [0.717, 1.165) is 30.4 Å². The topological polar surface area (TPSA) is 39.1 Å². The van der Waals surface area contributed by atoms with Gasteiger partial charge in [0.25, 0.3) is 0 Å². The van der Waals surface area contributed by atoms with E-state index in [2.05, 4.69) is 10.4 Å². The van der Waals surface area contributed by atoms with Crippen LogP contribution in [-0.2, 0) is 0 Å². The summed E-state index contributed by atoms with van der Waals surface area (Å²) in [5.41, 5.74) is 1.28. The Hall–Kier alpha value is -2.40. The highest BCUT2D eigenvalue weighted by Crippen LogP contribution is 2.28. The van der Waals surface area contributed by atoms with Crippen LogP contribution >= 0.6 is 0 Å². The molecule has 1 fully saturated rings. The minimum atomic E-state index is -0.299. The molecule has 0 radical (unpaired) electrons. The summed E-state index contributed by atoms with van der Waals surface area (Å²) < 4.78 is 21.7. The lowest BCUT2D eigenvalue weighted by Gasteiger charge is -2.08. The molecule has 1 atom stereocenters. The van der Waals surface area contributed by atoms with Gasteiger partial charge in [-0.3, -0.25) is 0 Å². The van der Waals surface area contributed by atoms with Gasteiger partial charge in [0.1, 0.15) is 11.5 Å². The quantitative estimate of drug-likeness (QED) is 0.804. The van der Waals surface area contributed by atoms with Crippen molar-refractivity contribution < 1.29 is 9.13 Å². The van der Waals surface area contributed by atoms with Crippen LogP contribution in [0.1, 0.15) is 6.42 Å². The maximum atomic E-state index is 14.1. The first-order valence-corrected chi connectivity index (χ1v) is 7.89. The van der Waals surface area contributed by atoms with Gasteiger partial charge in [0.15, 0.2) is 0 Å². The number of hydrogen-bond donors (Lipinski definition) is 1. The molecule has 0 aliphatic carbocycles. The number of halogens is 1. The normalized spacial score (nSPS) is 17.7. The SMILES string of the molecule is Fc1ccccc1-n1nc(OCC2CCNC2)c2ccccc21. The predicted octanol–water partition coefficient (Wildman–Crippen LogP) is 3.15. The van der Waals surface area contributed by atoms with Crippen LogP contribution in [0.25, 0.3) is 16.6 Å². The van der Waals surface area contributed by atoms with Crippen molar-refractivity contribution in [2.75, 3.05) is 19.7 Å². The number of hydrogen-bond acceptors (Lipinski definition) is 3. The van der Waals surface area contributed by atoms with Crippen LogP contribution in [0.2, 0.25) is 0 Å². The monoisotopic (exact) mass is 311 g/mol. The van der Waals surface area contributed by atoms with E-state index >= 15 is 0 Å². The fraction of sp³-hybridized carbons (Fsp3) is 0.278. The van der Waals surface area contributed by atoms with Crippen molar-refractivity contribution in [3.05, 3.63) is 54.3 Å². The number of para-hydroxylation sites is 2. The first-order chi connectivity index (χ1) is 11.3. The van der Waals surface area contributed by atoms with E-state index in [4.69, 9.17) is 4.74 Å². The van der Waals surface area contributed by atoms with E-state index in [1.165, 1.54) is 6.07 Å². The summed E-state index contributed by atoms with van der Waals surface area (Å²) in [5, 5.41) is 8.75. The van der Waals surface area contributed by atoms with Gasteiger partial charge < -0.3 is 10.1 Å². The lowest BCUT2D eigenvalue weighted by molar-refractivity contribution is 0.252. The van der Waals surface area contributed by atoms with E-state index in [-0.39, 0.29) is 5.82 Å². The maximum Gasteiger partial charge on any atom is 0.241 e. The zero-order chi connectivity index (χ0) is 15.6. The molecule has 0 bridgehead atoms. The average Bonchev–Trinajstić information content (AvgIpc) is 3.21. The summed E-state index contributed by atoms with van der Waals surface area (Å²) in [6, 6.07) is 14.4. The molecule has 2 aromatic carbocycles. The maximum absolute atomic E-state index is 14.1. The highest BCUT2D eigenvalue weighted by atomic mass is 19.1. The Balaban J connectivity index is 1.72. The lowest BCUT2D eigenvalue weighted by Crippen LogP contribution is -2.15. The van der Waals surface area contributed by atoms with Crippen molar-refractivity contribution in [1.82, 2.24) is 15.1 Å². The van der Waals surface area contributed by atoms with Gasteiger partial charge in [0.2, 0.25) is 5.88 Å². The molecule has 118 valence electrons. The van der Waals surface area contributed by atoms with Gasteiger partial charge in [-0.15, -0.1) is 5.10 Å². The molecular formula is C18H18FN3O. The lowest BCUT2D eigenvalue weighted by atomic mass is 10.1. The summed E-state index contributed by atoms with van der Waals surface area (Å²) in [5.74, 6) is 0.774. The molecular weight excluding hydrogens is 293 g/mol. The third kappa shape index (κ3) is 2.68. The van der Waals surface area contributed by atoms with E-state index in [9.17, 15) is 4.39 Å². The Bertz CT molecular complexity index is 824. The Morgan fingerprint density at radius 2 is 2.00 bits per heavy atom. The second-order valence-electron chi connectivity index (χ2n) is 5.86. The Kier molecular flexibility index (Phi) is 3.71. The minimum absolute atomic E-state index is 0.299. The van der Waals surface area contributed by atoms with Gasteiger partial charge in [0, 0.05) is 12.5 Å². The van der Waals surface area contributed by atoms with E-state index < -0.39 is 0 Å². The molecule has 0 spiro atoms. The highest BCUT2D eigenvalue weighted by Gasteiger charge is 2.18. The van der Waals surface area contributed by atoms with Crippen molar-refractivity contribution in [1.29, 1.82) is 0 Å². The highest BCUT2D eigenvalue weighted by molar-refractivity contribution is 5.86. The molecule has 4 nitrogen and oxygen atoms in total. The first kappa shape index (κ1) is 14.2. The molecule has 0 saturated carbocycles. The van der Waals surface area contributed by atoms with Gasteiger partial charge in [-0.05, 0) is 37.2 Å². The van der Waals surface area contributed by atoms with Crippen molar-refractivity contribution in [2.45, 2.75) is 6.42 Å². The summed E-state index contributed by atoms with van der Waals surface area (Å²) in [7, 11) is 0. The van der Waals surface area contributed by atoms with Crippen LogP contribution in [0.4, 0.5) is 4.39 Å². The summed E-state index contributed by atoms with van der Waals surface area (Å²) in [6.45, 7) is 2.65. The van der Waals surface area contributed by atoms with Gasteiger partial charge in [-0.2, -0.15) is 0 Å². The molecule has 1 unspecified atom stereocenters. The van der Waals surface area contributed by atoms with E-state index in [1.54, 1.807) is 22.9 Å². The van der Waals surface area contributed by atoms with Crippen LogP contribution in [0, 0.1) is 11.7 Å². The Morgan fingerprint density at radius 3 is 2.83 bits per heavy atom. The first-order valence-electron chi connectivity index (χ1n) is 7.89. The molecule has 23 heavy (non-hydrogen) atoms. The zero-order valence-corrected chi connectivity index (χ0v) is 12.7. The summed E-state index contributed by atoms with van der Waals surface area (Å²) in [4.78, 5) is 0. The van der Waals surface area contributed by atoms with Crippen molar-refractivity contribution >= 4 is 10.9 Å². The Labute approximate surface area is 133 Å². The van der Waals surface area contributed by atoms with Crippen LogP contribution in [0.15, 0.2) is 48.5 Å². The molecule has 1 aliphatic rings. The van der Waals surface area contributed by atoms with Gasteiger partial charge in [-0.25, -0.2) is 9.07 Å². The second kappa shape index (κ2) is 6.01. The fourth-order valence-electron chi connectivity index (χ4n) is 3.00. The summed E-state index contributed by atoms with van der Waals surface area (Å²) in [6.07, 6.45) is 1.12. The Morgan fingerprint density at radius 1 is 1.17 bits per heavy atom. The number of fused-ring (bicyclic) bond motifs is 1. The molecule has 1 N–H and O–H groups in total. The van der Waals surface area contributed by atoms with Gasteiger partial charge >= 0.3 is 0 Å². The fourth-order valence-corrected chi connectivity index (χ4v) is 3.00. The van der Waals surface area contributed by atoms with Crippen LogP contribution in [0.5, 0.6) is 5.88 Å². The van der Waals surface area contributed by atoms with Crippen LogP contribution < -0.4 is 10.1 Å². The third-order valence-electron chi connectivity index (χ3n) is 4.25. The van der Waals surface area contributed by atoms with Crippen LogP contribution in [-0.4, -0.2) is 29.5 Å². The molecule has 3 aromatic rings. The zero-order valence-electron chi connectivity index (χ0n) is 12.7. The number of benzene rings is 2. The number of aromatic nitrogens is 2. The standard InChI is InChI=1S/C18H18FN3O/c19-15-6-2-4-8-17(15)22-16-7-3-1-5-14(16)18(21-22)23-12-13-9-10-20-11-13/h1-8,13,20H,9-12H2. The molecule has 0 amide bonds.